The third-order valence-electron chi connectivity index (χ3n) is 3.26. The average Bonchev–Trinajstić information content (AvgIpc) is 3.13. The summed E-state index contributed by atoms with van der Waals surface area (Å²) in [5, 5.41) is 3.48. The Morgan fingerprint density at radius 3 is 2.43 bits per heavy atom. The lowest BCUT2D eigenvalue weighted by atomic mass is 9.86. The summed E-state index contributed by atoms with van der Waals surface area (Å²) < 4.78 is 33.0. The van der Waals surface area contributed by atoms with Gasteiger partial charge in [-0.2, -0.15) is 0 Å². The maximum Gasteiger partial charge on any atom is 0.349 e. The zero-order chi connectivity index (χ0) is 17.3. The zero-order valence-corrected chi connectivity index (χ0v) is 15.8. The molecule has 23 heavy (non-hydrogen) atoms. The van der Waals surface area contributed by atoms with Crippen LogP contribution in [-0.4, -0.2) is 21.5 Å². The number of methoxy groups -OCH3 is 1. The van der Waals surface area contributed by atoms with Crippen molar-refractivity contribution in [1.29, 1.82) is 0 Å². The van der Waals surface area contributed by atoms with Gasteiger partial charge < -0.3 is 4.74 Å². The first-order valence-corrected chi connectivity index (χ1v) is 10.1. The molecule has 8 heteroatoms. The number of esters is 1. The normalized spacial score (nSPS) is 13.7. The molecule has 1 unspecified atom stereocenters. The van der Waals surface area contributed by atoms with Crippen molar-refractivity contribution >= 4 is 38.7 Å². The summed E-state index contributed by atoms with van der Waals surface area (Å²) in [6, 6.07) is 4.82. The van der Waals surface area contributed by atoms with Gasteiger partial charge in [0, 0.05) is 4.88 Å². The Morgan fingerprint density at radius 1 is 1.22 bits per heavy atom. The first kappa shape index (κ1) is 18.1. The van der Waals surface area contributed by atoms with E-state index in [1.54, 1.807) is 5.38 Å². The smallest absolute Gasteiger partial charge is 0.349 e. The summed E-state index contributed by atoms with van der Waals surface area (Å²) in [7, 11) is -2.61. The van der Waals surface area contributed by atoms with E-state index in [1.165, 1.54) is 24.5 Å². The molecule has 1 N–H and O–H groups in total. The average molecular weight is 374 g/mol. The predicted molar refractivity (Wildman–Crippen MR) is 92.5 cm³/mol. The van der Waals surface area contributed by atoms with Crippen LogP contribution in [0.25, 0.3) is 0 Å². The minimum absolute atomic E-state index is 0.0415. The van der Waals surface area contributed by atoms with Crippen LogP contribution < -0.4 is 4.72 Å². The predicted octanol–water partition coefficient (Wildman–Crippen LogP) is 3.66. The topological polar surface area (TPSA) is 72.5 Å². The van der Waals surface area contributed by atoms with Crippen molar-refractivity contribution in [3.05, 3.63) is 38.7 Å². The Kier molecular flexibility index (Phi) is 5.30. The lowest BCUT2D eigenvalue weighted by molar-refractivity contribution is 0.0602. The van der Waals surface area contributed by atoms with E-state index in [-0.39, 0.29) is 15.2 Å². The molecule has 0 saturated heterocycles. The molecule has 0 aliphatic heterocycles. The molecule has 2 aromatic heterocycles. The van der Waals surface area contributed by atoms with E-state index in [1.807, 2.05) is 38.3 Å². The van der Waals surface area contributed by atoms with E-state index in [0.717, 1.165) is 16.2 Å². The monoisotopic (exact) mass is 373 g/mol. The number of hydrogen-bond acceptors (Lipinski definition) is 6. The third kappa shape index (κ3) is 4.00. The molecule has 0 spiro atoms. The molecule has 0 saturated carbocycles. The van der Waals surface area contributed by atoms with Crippen molar-refractivity contribution in [2.45, 2.75) is 31.7 Å². The second-order valence-corrected chi connectivity index (χ2v) is 9.62. The fraction of sp³-hybridized carbons (Fsp3) is 0.400. The molecule has 0 aliphatic carbocycles. The zero-order valence-electron chi connectivity index (χ0n) is 13.3. The van der Waals surface area contributed by atoms with Crippen molar-refractivity contribution in [2.24, 2.45) is 5.41 Å². The van der Waals surface area contributed by atoms with Gasteiger partial charge in [-0.3, -0.25) is 0 Å². The van der Waals surface area contributed by atoms with Gasteiger partial charge in [0.2, 0.25) is 10.0 Å². The Labute approximate surface area is 144 Å². The first-order chi connectivity index (χ1) is 10.7. The Morgan fingerprint density at radius 2 is 1.91 bits per heavy atom. The summed E-state index contributed by atoms with van der Waals surface area (Å²) in [5.74, 6) is -0.649. The van der Waals surface area contributed by atoms with E-state index in [0.29, 0.717) is 0 Å². The fourth-order valence-corrected chi connectivity index (χ4v) is 5.94. The van der Waals surface area contributed by atoms with Crippen molar-refractivity contribution in [3.63, 3.8) is 0 Å². The first-order valence-electron chi connectivity index (χ1n) is 6.88. The second kappa shape index (κ2) is 6.72. The van der Waals surface area contributed by atoms with E-state index in [4.69, 9.17) is 0 Å². The van der Waals surface area contributed by atoms with E-state index in [2.05, 4.69) is 9.46 Å². The van der Waals surface area contributed by atoms with Crippen LogP contribution in [0, 0.1) is 5.41 Å². The van der Waals surface area contributed by atoms with Gasteiger partial charge in [-0.25, -0.2) is 17.9 Å². The van der Waals surface area contributed by atoms with E-state index < -0.39 is 22.0 Å². The molecule has 2 heterocycles. The van der Waals surface area contributed by atoms with Gasteiger partial charge in [-0.1, -0.05) is 26.8 Å². The molecule has 5 nitrogen and oxygen atoms in total. The van der Waals surface area contributed by atoms with Gasteiger partial charge in [0.05, 0.1) is 13.2 Å². The number of hydrogen-bond donors (Lipinski definition) is 1. The number of ether oxygens (including phenoxy) is 1. The van der Waals surface area contributed by atoms with Crippen LogP contribution in [0.5, 0.6) is 0 Å². The fourth-order valence-electron chi connectivity index (χ4n) is 2.09. The SMILES string of the molecule is COC(=O)c1sccc1S(=O)(=O)NC(c1cccs1)C(C)(C)C. The number of thiophene rings is 2. The Balaban J connectivity index is 2.40. The highest BCUT2D eigenvalue weighted by Gasteiger charge is 2.34. The maximum absolute atomic E-state index is 12.8. The summed E-state index contributed by atoms with van der Waals surface area (Å²) in [5.41, 5.74) is -0.320. The van der Waals surface area contributed by atoms with Crippen LogP contribution in [0.3, 0.4) is 0 Å². The number of nitrogens with one attached hydrogen (secondary N) is 1. The van der Waals surface area contributed by atoms with Crippen LogP contribution >= 0.6 is 22.7 Å². The van der Waals surface area contributed by atoms with Crippen molar-refractivity contribution < 1.29 is 17.9 Å². The summed E-state index contributed by atoms with van der Waals surface area (Å²) in [6.45, 7) is 5.90. The highest BCUT2D eigenvalue weighted by atomic mass is 32.2. The molecular formula is C15H19NO4S3. The lowest BCUT2D eigenvalue weighted by Gasteiger charge is -2.30. The standard InChI is InChI=1S/C15H19NO4S3/c1-15(2,3)13(10-6-5-8-21-10)16-23(18,19)11-7-9-22-12(11)14(17)20-4/h5-9,13,16H,1-4H3. The molecular weight excluding hydrogens is 354 g/mol. The number of sulfonamides is 1. The highest BCUT2D eigenvalue weighted by Crippen LogP contribution is 2.37. The molecule has 0 aliphatic rings. The van der Waals surface area contributed by atoms with Crippen LogP contribution in [0.1, 0.15) is 41.4 Å². The molecule has 2 aromatic rings. The number of carbonyl (C=O) groups is 1. The van der Waals surface area contributed by atoms with Gasteiger partial charge in [-0.15, -0.1) is 22.7 Å². The lowest BCUT2D eigenvalue weighted by Crippen LogP contribution is -2.36. The van der Waals surface area contributed by atoms with Gasteiger partial charge in [0.1, 0.15) is 9.77 Å². The molecule has 0 fully saturated rings. The van der Waals surface area contributed by atoms with Crippen molar-refractivity contribution in [2.75, 3.05) is 7.11 Å². The summed E-state index contributed by atoms with van der Waals surface area (Å²) in [4.78, 5) is 12.7. The van der Waals surface area contributed by atoms with Crippen molar-refractivity contribution in [1.82, 2.24) is 4.72 Å². The molecule has 0 aromatic carbocycles. The van der Waals surface area contributed by atoms with E-state index >= 15 is 0 Å². The molecule has 0 radical (unpaired) electrons. The number of rotatable bonds is 5. The van der Waals surface area contributed by atoms with Gasteiger partial charge in [0.15, 0.2) is 0 Å². The molecule has 2 rings (SSSR count). The number of carbonyl (C=O) groups excluding carboxylic acids is 1. The third-order valence-corrected chi connectivity index (χ3v) is 6.68. The minimum Gasteiger partial charge on any atom is -0.465 e. The Hall–Kier alpha value is -1.22. The highest BCUT2D eigenvalue weighted by molar-refractivity contribution is 7.89. The van der Waals surface area contributed by atoms with Crippen LogP contribution in [-0.2, 0) is 14.8 Å². The van der Waals surface area contributed by atoms with Crippen LogP contribution in [0.4, 0.5) is 0 Å². The molecule has 0 amide bonds. The molecule has 1 atom stereocenters. The van der Waals surface area contributed by atoms with Crippen LogP contribution in [0.2, 0.25) is 0 Å². The minimum atomic E-state index is -3.84. The Bertz CT molecular complexity index is 770. The van der Waals surface area contributed by atoms with Crippen LogP contribution in [0.15, 0.2) is 33.9 Å². The summed E-state index contributed by atoms with van der Waals surface area (Å²) in [6.07, 6.45) is 0. The summed E-state index contributed by atoms with van der Waals surface area (Å²) >= 11 is 2.54. The second-order valence-electron chi connectivity index (χ2n) is 6.04. The van der Waals surface area contributed by atoms with Gasteiger partial charge in [0.25, 0.3) is 0 Å². The maximum atomic E-state index is 12.8. The molecule has 0 bridgehead atoms. The molecule has 126 valence electrons. The van der Waals surface area contributed by atoms with Gasteiger partial charge in [-0.05, 0) is 28.3 Å². The largest absolute Gasteiger partial charge is 0.465 e. The quantitative estimate of drug-likeness (QED) is 0.812. The van der Waals surface area contributed by atoms with Gasteiger partial charge >= 0.3 is 5.97 Å². The van der Waals surface area contributed by atoms with E-state index in [9.17, 15) is 13.2 Å². The van der Waals surface area contributed by atoms with Crippen molar-refractivity contribution in [3.8, 4) is 0 Å².